The molecule has 4 heterocycles. The smallest absolute Gasteiger partial charge is 0.319 e. The Morgan fingerprint density at radius 3 is 2.31 bits per heavy atom. The number of hydrogen-bond acceptors (Lipinski definition) is 7. The average Bonchev–Trinajstić information content (AvgIpc) is 3.74. The highest BCUT2D eigenvalue weighted by atomic mass is 16.2. The number of amides is 3. The lowest BCUT2D eigenvalue weighted by Gasteiger charge is -2.30. The molecule has 0 spiro atoms. The lowest BCUT2D eigenvalue weighted by molar-refractivity contribution is -0.114. The van der Waals surface area contributed by atoms with Crippen LogP contribution in [0.4, 0.5) is 10.5 Å². The maximum atomic E-state index is 12.8. The molecular weight excluding hydrogens is 534 g/mol. The largest absolute Gasteiger partial charge is 0.325 e. The maximum Gasteiger partial charge on any atom is 0.319 e. The molecule has 7 rings (SSSR count). The zero-order valence-electron chi connectivity index (χ0n) is 22.1. The zero-order chi connectivity index (χ0) is 28.6. The van der Waals surface area contributed by atoms with E-state index in [-0.39, 0.29) is 19.1 Å². The summed E-state index contributed by atoms with van der Waals surface area (Å²) in [5.74, 6) is -1.15. The molecule has 2 aromatic heterocycles. The van der Waals surface area contributed by atoms with Crippen LogP contribution in [0.3, 0.4) is 0 Å². The number of allylic oxidation sites excluding steroid dienone is 1. The van der Waals surface area contributed by atoms with Crippen LogP contribution in [-0.2, 0) is 17.9 Å². The molecule has 12 heteroatoms. The minimum Gasteiger partial charge on any atom is -0.325 e. The minimum atomic E-state index is -0.604. The Kier molecular flexibility index (Phi) is 6.12. The van der Waals surface area contributed by atoms with E-state index in [0.717, 1.165) is 11.1 Å². The van der Waals surface area contributed by atoms with Crippen molar-refractivity contribution < 1.29 is 14.4 Å². The molecule has 206 valence electrons. The topological polar surface area (TPSA) is 140 Å². The molecule has 0 saturated heterocycles. The third kappa shape index (κ3) is 4.50. The Bertz CT molecular complexity index is 1860. The van der Waals surface area contributed by atoms with Gasteiger partial charge in [0.05, 0.1) is 48.1 Å². The van der Waals surface area contributed by atoms with E-state index in [9.17, 15) is 14.4 Å². The summed E-state index contributed by atoms with van der Waals surface area (Å²) in [6.07, 6.45) is 3.51. The number of rotatable bonds is 7. The standard InChI is InChI=1S/C30H23N9O3/c40-28-22-13-7-8-14-25(22)38(29(28)41)16-21-15-37(35-33-21)17-24-27(26(32-30(42)31-24)20-11-5-2-6-12-20)39-18-23(34-36-39)19-9-3-1-4-10-19/h1-15,18,26H,16-17H2,(H2,31,32,42). The van der Waals surface area contributed by atoms with Crippen molar-refractivity contribution in [3.63, 3.8) is 0 Å². The number of fused-ring (bicyclic) bond motifs is 1. The van der Waals surface area contributed by atoms with Crippen molar-refractivity contribution in [3.05, 3.63) is 120 Å². The highest BCUT2D eigenvalue weighted by molar-refractivity contribution is 6.52. The van der Waals surface area contributed by atoms with E-state index in [4.69, 9.17) is 0 Å². The van der Waals surface area contributed by atoms with Crippen molar-refractivity contribution in [2.75, 3.05) is 4.90 Å². The molecule has 12 nitrogen and oxygen atoms in total. The number of carbonyl (C=O) groups is 3. The molecule has 3 amide bonds. The molecule has 5 aromatic rings. The van der Waals surface area contributed by atoms with E-state index in [0.29, 0.717) is 34.0 Å². The van der Waals surface area contributed by atoms with Crippen molar-refractivity contribution in [3.8, 4) is 11.3 Å². The van der Waals surface area contributed by atoms with Crippen molar-refractivity contribution in [2.24, 2.45) is 0 Å². The number of aromatic nitrogens is 6. The van der Waals surface area contributed by atoms with Gasteiger partial charge in [-0.15, -0.1) is 10.2 Å². The number of benzene rings is 3. The Balaban J connectivity index is 1.23. The molecule has 0 bridgehead atoms. The van der Waals surface area contributed by atoms with Crippen LogP contribution < -0.4 is 15.5 Å². The van der Waals surface area contributed by atoms with Crippen LogP contribution in [0.2, 0.25) is 0 Å². The summed E-state index contributed by atoms with van der Waals surface area (Å²) in [6, 6.07) is 25.3. The van der Waals surface area contributed by atoms with Crippen LogP contribution in [0, 0.1) is 0 Å². The Hall–Kier alpha value is -5.91. The predicted octanol–water partition coefficient (Wildman–Crippen LogP) is 3.19. The number of urea groups is 1. The van der Waals surface area contributed by atoms with E-state index >= 15 is 0 Å². The Morgan fingerprint density at radius 1 is 0.762 bits per heavy atom. The van der Waals surface area contributed by atoms with Gasteiger partial charge < -0.3 is 10.6 Å². The average molecular weight is 558 g/mol. The van der Waals surface area contributed by atoms with Gasteiger partial charge in [0.15, 0.2) is 0 Å². The van der Waals surface area contributed by atoms with Crippen LogP contribution in [0.1, 0.15) is 27.7 Å². The molecule has 0 aliphatic carbocycles. The van der Waals surface area contributed by atoms with Gasteiger partial charge in [0.25, 0.3) is 11.7 Å². The first-order valence-corrected chi connectivity index (χ1v) is 13.2. The number of Topliss-reactive ketones (excluding diaryl/α,β-unsaturated/α-hetero) is 1. The van der Waals surface area contributed by atoms with Crippen LogP contribution in [0.5, 0.6) is 0 Å². The van der Waals surface area contributed by atoms with E-state index < -0.39 is 17.7 Å². The maximum absolute atomic E-state index is 12.8. The number of ketones is 1. The summed E-state index contributed by atoms with van der Waals surface area (Å²) in [6.45, 7) is 0.237. The summed E-state index contributed by atoms with van der Waals surface area (Å²) < 4.78 is 3.23. The third-order valence-electron chi connectivity index (χ3n) is 7.17. The summed E-state index contributed by atoms with van der Waals surface area (Å²) in [4.78, 5) is 39.3. The van der Waals surface area contributed by atoms with E-state index in [1.807, 2.05) is 66.9 Å². The van der Waals surface area contributed by atoms with Crippen molar-refractivity contribution in [1.29, 1.82) is 0 Å². The fourth-order valence-corrected chi connectivity index (χ4v) is 5.23. The van der Waals surface area contributed by atoms with Crippen molar-refractivity contribution >= 4 is 29.1 Å². The second-order valence-electron chi connectivity index (χ2n) is 9.87. The third-order valence-corrected chi connectivity index (χ3v) is 7.17. The minimum absolute atomic E-state index is 0.0809. The first-order valence-electron chi connectivity index (χ1n) is 13.2. The quantitative estimate of drug-likeness (QED) is 0.293. The molecule has 3 aromatic carbocycles. The van der Waals surface area contributed by atoms with Gasteiger partial charge in [-0.3, -0.25) is 14.5 Å². The summed E-state index contributed by atoms with van der Waals surface area (Å²) in [5, 5.41) is 23.2. The lowest BCUT2D eigenvalue weighted by Crippen LogP contribution is -2.45. The first kappa shape index (κ1) is 25.1. The van der Waals surface area contributed by atoms with E-state index in [1.54, 1.807) is 39.8 Å². The molecule has 2 N–H and O–H groups in total. The van der Waals surface area contributed by atoms with Gasteiger partial charge >= 0.3 is 6.03 Å². The number of anilines is 1. The summed E-state index contributed by atoms with van der Waals surface area (Å²) >= 11 is 0. The number of hydrogen-bond donors (Lipinski definition) is 2. The fraction of sp³-hybridized carbons (Fsp3) is 0.100. The number of nitrogens with one attached hydrogen (secondary N) is 2. The predicted molar refractivity (Wildman–Crippen MR) is 152 cm³/mol. The molecule has 0 radical (unpaired) electrons. The molecule has 0 fully saturated rings. The van der Waals surface area contributed by atoms with Crippen molar-refractivity contribution in [1.82, 2.24) is 40.6 Å². The monoisotopic (exact) mass is 557 g/mol. The molecule has 0 saturated carbocycles. The Morgan fingerprint density at radius 2 is 1.50 bits per heavy atom. The van der Waals surface area contributed by atoms with Crippen LogP contribution in [-0.4, -0.2) is 47.7 Å². The van der Waals surface area contributed by atoms with E-state index in [2.05, 4.69) is 31.3 Å². The van der Waals surface area contributed by atoms with Crippen LogP contribution in [0.25, 0.3) is 17.0 Å². The highest BCUT2D eigenvalue weighted by Crippen LogP contribution is 2.32. The van der Waals surface area contributed by atoms with Crippen LogP contribution >= 0.6 is 0 Å². The van der Waals surface area contributed by atoms with Gasteiger partial charge in [-0.25, -0.2) is 14.2 Å². The SMILES string of the molecule is O=C1NC(Cn2cc(CN3C(=O)C(=O)c4ccccc43)nn2)=C(n2cc(-c3ccccc3)nn2)C(c2ccccc2)N1. The summed E-state index contributed by atoms with van der Waals surface area (Å²) in [5.41, 5.74) is 5.08. The zero-order valence-corrected chi connectivity index (χ0v) is 22.1. The normalized spacial score (nSPS) is 16.4. The molecule has 42 heavy (non-hydrogen) atoms. The van der Waals surface area contributed by atoms with Gasteiger partial charge in [0, 0.05) is 5.56 Å². The van der Waals surface area contributed by atoms with Gasteiger partial charge in [0.1, 0.15) is 17.4 Å². The molecule has 2 aliphatic rings. The first-order chi connectivity index (χ1) is 20.5. The molecular formula is C30H23N9O3. The molecule has 1 atom stereocenters. The van der Waals surface area contributed by atoms with Crippen molar-refractivity contribution in [2.45, 2.75) is 19.1 Å². The van der Waals surface area contributed by atoms with Gasteiger partial charge in [-0.1, -0.05) is 83.2 Å². The second-order valence-corrected chi connectivity index (χ2v) is 9.87. The fourth-order valence-electron chi connectivity index (χ4n) is 5.23. The number of carbonyl (C=O) groups excluding carboxylic acids is 3. The van der Waals surface area contributed by atoms with Gasteiger partial charge in [-0.05, 0) is 17.7 Å². The lowest BCUT2D eigenvalue weighted by atomic mass is 10.0. The highest BCUT2D eigenvalue weighted by Gasteiger charge is 2.36. The Labute approximate surface area is 239 Å². The second kappa shape index (κ2) is 10.2. The number of para-hydroxylation sites is 1. The summed E-state index contributed by atoms with van der Waals surface area (Å²) in [7, 11) is 0. The number of nitrogens with zero attached hydrogens (tertiary/aromatic N) is 7. The van der Waals surface area contributed by atoms with Gasteiger partial charge in [0.2, 0.25) is 0 Å². The molecule has 2 aliphatic heterocycles. The van der Waals surface area contributed by atoms with Crippen LogP contribution in [0.15, 0.2) is 103 Å². The van der Waals surface area contributed by atoms with Gasteiger partial charge in [-0.2, -0.15) is 0 Å². The molecule has 1 unspecified atom stereocenters. The van der Waals surface area contributed by atoms with E-state index in [1.165, 1.54) is 4.90 Å².